The molecule has 0 aliphatic rings. The van der Waals surface area contributed by atoms with Crippen LogP contribution in [0.5, 0.6) is 0 Å². The summed E-state index contributed by atoms with van der Waals surface area (Å²) < 4.78 is 0. The molecule has 0 heterocycles. The maximum Gasteiger partial charge on any atom is 0.0621 e. The minimum absolute atomic E-state index is 0. The van der Waals surface area contributed by atoms with Crippen LogP contribution in [0.2, 0.25) is 0 Å². The molecule has 0 spiro atoms. The van der Waals surface area contributed by atoms with E-state index in [1.807, 2.05) is 0 Å². The largest absolute Gasteiger partial charge is 0.330 e. The molecule has 26 heavy (non-hydrogen) atoms. The van der Waals surface area contributed by atoms with E-state index in [9.17, 15) is 0 Å². The second-order valence-corrected chi connectivity index (χ2v) is 5.75. The highest BCUT2D eigenvalue weighted by Gasteiger charge is 1.76. The third kappa shape index (κ3) is 90.5. The van der Waals surface area contributed by atoms with E-state index in [4.69, 9.17) is 22.5 Å². The predicted octanol–water partition coefficient (Wildman–Crippen LogP) is 6.38. The van der Waals surface area contributed by atoms with Gasteiger partial charge in [0, 0.05) is 6.42 Å². The van der Waals surface area contributed by atoms with Crippen LogP contribution in [0.4, 0.5) is 0 Å². The Bertz CT molecular complexity index is 160. The minimum Gasteiger partial charge on any atom is -0.330 e. The van der Waals surface area contributed by atoms with Crippen molar-refractivity contribution < 1.29 is 0 Å². The van der Waals surface area contributed by atoms with Crippen LogP contribution in [0.1, 0.15) is 120 Å². The highest BCUT2D eigenvalue weighted by atomic mass is 14.5. The molecule has 0 aliphatic heterocycles. The number of unbranched alkanes of at least 4 members (excludes halogenated alkanes) is 8. The van der Waals surface area contributed by atoms with E-state index >= 15 is 0 Å². The van der Waals surface area contributed by atoms with Crippen molar-refractivity contribution in [2.24, 2.45) is 17.2 Å². The molecule has 0 radical (unpaired) electrons. The molecule has 0 fully saturated rings. The third-order valence-electron chi connectivity index (χ3n) is 3.07. The minimum atomic E-state index is 0. The first kappa shape index (κ1) is 40.2. The van der Waals surface area contributed by atoms with Crippen molar-refractivity contribution in [3.8, 4) is 6.07 Å². The zero-order valence-electron chi connectivity index (χ0n) is 17.3. The van der Waals surface area contributed by atoms with Gasteiger partial charge < -0.3 is 17.2 Å². The van der Waals surface area contributed by atoms with E-state index in [2.05, 4.69) is 33.8 Å². The van der Waals surface area contributed by atoms with E-state index < -0.39 is 0 Å². The zero-order chi connectivity index (χ0) is 19.3. The summed E-state index contributed by atoms with van der Waals surface area (Å²) in [5.41, 5.74) is 15.6. The van der Waals surface area contributed by atoms with Crippen LogP contribution >= 0.6 is 0 Å². The highest BCUT2D eigenvalue weighted by molar-refractivity contribution is 4.66. The van der Waals surface area contributed by atoms with E-state index in [-0.39, 0.29) is 14.9 Å². The predicted molar refractivity (Wildman–Crippen MR) is 124 cm³/mol. The Morgan fingerprint density at radius 1 is 0.538 bits per heavy atom. The number of nitriles is 1. The van der Waals surface area contributed by atoms with E-state index in [1.54, 1.807) is 0 Å². The average molecular weight is 377 g/mol. The van der Waals surface area contributed by atoms with Crippen LogP contribution in [0, 0.1) is 11.3 Å². The molecule has 0 aliphatic carbocycles. The molecule has 0 saturated heterocycles. The Balaban J connectivity index is -0.0000000500. The standard InChI is InChI=1S/3C5H13N.C5H9N.2CH4/c4*1-2-3-4-5-6;;/h3*2-6H2,1H3;2-4H2,1H3;2*1H4. The Morgan fingerprint density at radius 3 is 0.885 bits per heavy atom. The number of nitrogens with two attached hydrogens (primary N) is 3. The highest BCUT2D eigenvalue weighted by Crippen LogP contribution is 1.89. The lowest BCUT2D eigenvalue weighted by atomic mass is 10.3. The summed E-state index contributed by atoms with van der Waals surface area (Å²) in [4.78, 5) is 0. The number of rotatable bonds is 11. The van der Waals surface area contributed by atoms with Gasteiger partial charge in [0.2, 0.25) is 0 Å². The van der Waals surface area contributed by atoms with Crippen molar-refractivity contribution in [2.75, 3.05) is 19.6 Å². The van der Waals surface area contributed by atoms with Gasteiger partial charge in [-0.1, -0.05) is 87.5 Å². The maximum absolute atomic E-state index is 7.95. The van der Waals surface area contributed by atoms with Crippen LogP contribution in [0.25, 0.3) is 0 Å². The lowest BCUT2D eigenvalue weighted by Crippen LogP contribution is -1.96. The number of nitrogens with zero attached hydrogens (tertiary/aromatic N) is 1. The molecule has 0 aromatic carbocycles. The van der Waals surface area contributed by atoms with Crippen molar-refractivity contribution >= 4 is 0 Å². The number of hydrogen-bond donors (Lipinski definition) is 3. The van der Waals surface area contributed by atoms with Gasteiger partial charge in [-0.25, -0.2) is 0 Å². The molecule has 0 unspecified atom stereocenters. The third-order valence-corrected chi connectivity index (χ3v) is 3.07. The van der Waals surface area contributed by atoms with Crippen molar-refractivity contribution in [1.82, 2.24) is 0 Å². The van der Waals surface area contributed by atoms with Gasteiger partial charge in [0.25, 0.3) is 0 Å². The molecule has 0 bridgehead atoms. The topological polar surface area (TPSA) is 102 Å². The van der Waals surface area contributed by atoms with Crippen LogP contribution < -0.4 is 17.2 Å². The fraction of sp³-hybridized carbons (Fsp3) is 0.955. The fourth-order valence-corrected chi connectivity index (χ4v) is 1.44. The SMILES string of the molecule is C.C.CCCCC#N.CCCCCN.CCCCCN.CCCCCN. The Kier molecular flexibility index (Phi) is 87.0. The molecule has 0 saturated carbocycles. The van der Waals surface area contributed by atoms with Crippen molar-refractivity contribution in [2.45, 2.75) is 120 Å². The molecule has 0 atom stereocenters. The van der Waals surface area contributed by atoms with Gasteiger partial charge in [-0.2, -0.15) is 5.26 Å². The summed E-state index contributed by atoms with van der Waals surface area (Å²) in [5.74, 6) is 0. The molecule has 164 valence electrons. The van der Waals surface area contributed by atoms with Crippen LogP contribution in [-0.2, 0) is 0 Å². The van der Waals surface area contributed by atoms with Crippen LogP contribution in [0.15, 0.2) is 0 Å². The molecule has 0 rings (SSSR count). The molecule has 4 nitrogen and oxygen atoms in total. The molecule has 0 aromatic heterocycles. The molecular weight excluding hydrogens is 320 g/mol. The smallest absolute Gasteiger partial charge is 0.0621 e. The van der Waals surface area contributed by atoms with Crippen molar-refractivity contribution in [3.63, 3.8) is 0 Å². The lowest BCUT2D eigenvalue weighted by Gasteiger charge is -1.86. The molecule has 6 N–H and O–H groups in total. The molecule has 4 heteroatoms. The summed E-state index contributed by atoms with van der Waals surface area (Å²) >= 11 is 0. The van der Waals surface area contributed by atoms with Crippen molar-refractivity contribution in [1.29, 1.82) is 5.26 Å². The van der Waals surface area contributed by atoms with Gasteiger partial charge in [-0.05, 0) is 45.3 Å². The first-order valence-electron chi connectivity index (χ1n) is 10.1. The normalized spacial score (nSPS) is 7.92. The van der Waals surface area contributed by atoms with Crippen LogP contribution in [-0.4, -0.2) is 19.6 Å². The van der Waals surface area contributed by atoms with Gasteiger partial charge in [-0.15, -0.1) is 0 Å². The monoisotopic (exact) mass is 376 g/mol. The summed E-state index contributed by atoms with van der Waals surface area (Å²) in [5, 5.41) is 7.95. The summed E-state index contributed by atoms with van der Waals surface area (Å²) in [6.45, 7) is 11.2. The summed E-state index contributed by atoms with van der Waals surface area (Å²) in [6.07, 6.45) is 14.2. The van der Waals surface area contributed by atoms with Gasteiger partial charge in [0.1, 0.15) is 0 Å². The molecule has 0 aromatic rings. The second-order valence-electron chi connectivity index (χ2n) is 5.75. The molecular formula is C22H56N4. The first-order chi connectivity index (χ1) is 11.7. The first-order valence-corrected chi connectivity index (χ1v) is 10.1. The lowest BCUT2D eigenvalue weighted by molar-refractivity contribution is 0.727. The number of hydrogen-bond acceptors (Lipinski definition) is 4. The van der Waals surface area contributed by atoms with E-state index in [0.717, 1.165) is 38.9 Å². The quantitative estimate of drug-likeness (QED) is 0.364. The summed E-state index contributed by atoms with van der Waals surface area (Å²) in [7, 11) is 0. The Morgan fingerprint density at radius 2 is 0.808 bits per heavy atom. The molecule has 0 amide bonds. The van der Waals surface area contributed by atoms with Crippen LogP contribution in [0.3, 0.4) is 0 Å². The van der Waals surface area contributed by atoms with E-state index in [1.165, 1.54) is 57.8 Å². The van der Waals surface area contributed by atoms with E-state index in [0.29, 0.717) is 0 Å². The van der Waals surface area contributed by atoms with Gasteiger partial charge in [0.15, 0.2) is 0 Å². The Hall–Kier alpha value is -0.630. The van der Waals surface area contributed by atoms with Gasteiger partial charge >= 0.3 is 0 Å². The maximum atomic E-state index is 7.95. The second kappa shape index (κ2) is 56.3. The zero-order valence-corrected chi connectivity index (χ0v) is 17.3. The van der Waals surface area contributed by atoms with Crippen molar-refractivity contribution in [3.05, 3.63) is 0 Å². The van der Waals surface area contributed by atoms with Gasteiger partial charge in [-0.3, -0.25) is 0 Å². The Labute approximate surface area is 168 Å². The fourth-order valence-electron chi connectivity index (χ4n) is 1.44. The summed E-state index contributed by atoms with van der Waals surface area (Å²) in [6, 6.07) is 2.07. The van der Waals surface area contributed by atoms with Gasteiger partial charge in [0.05, 0.1) is 6.07 Å². The average Bonchev–Trinajstić information content (AvgIpc) is 2.62.